The molecule has 1 aliphatic heterocycles. The van der Waals surface area contributed by atoms with E-state index in [-0.39, 0.29) is 20.0 Å². The number of fused-ring (bicyclic) bond motifs is 1. The highest BCUT2D eigenvalue weighted by atomic mass is 79.9. The first-order valence-electron chi connectivity index (χ1n) is 5.58. The fourth-order valence-corrected chi connectivity index (χ4v) is 1.86. The predicted molar refractivity (Wildman–Crippen MR) is 104 cm³/mol. The molecule has 0 saturated heterocycles. The van der Waals surface area contributed by atoms with E-state index in [2.05, 4.69) is 73.7 Å². The van der Waals surface area contributed by atoms with Gasteiger partial charge in [0.25, 0.3) is 11.4 Å². The van der Waals surface area contributed by atoms with Gasteiger partial charge in [0.05, 0.1) is 4.24 Å². The van der Waals surface area contributed by atoms with Gasteiger partial charge in [-0.2, -0.15) is 0 Å². The third-order valence-electron chi connectivity index (χ3n) is 2.04. The number of aromatic hydroxyl groups is 1. The van der Waals surface area contributed by atoms with Crippen LogP contribution in [-0.4, -0.2) is 26.1 Å². The average molecular weight is 582 g/mol. The molecule has 0 bridgehead atoms. The van der Waals surface area contributed by atoms with Gasteiger partial charge in [-0.25, -0.2) is 4.98 Å². The Morgan fingerprint density at radius 3 is 2.43 bits per heavy atom. The number of nitrogens with one attached hydrogen (secondary N) is 1. The number of ether oxygens (including phenoxy) is 2. The van der Waals surface area contributed by atoms with Crippen LogP contribution in [0.3, 0.4) is 0 Å². The molecule has 6 nitrogen and oxygen atoms in total. The van der Waals surface area contributed by atoms with E-state index in [0.717, 1.165) is 8.71 Å². The van der Waals surface area contributed by atoms with Crippen molar-refractivity contribution in [1.82, 2.24) is 9.97 Å². The fraction of sp³-hybridized carbons (Fsp3) is 0.231. The van der Waals surface area contributed by atoms with Crippen molar-refractivity contribution < 1.29 is 14.6 Å². The Labute approximate surface area is 167 Å². The van der Waals surface area contributed by atoms with Crippen LogP contribution < -0.4 is 15.0 Å². The zero-order valence-electron chi connectivity index (χ0n) is 10.9. The maximum Gasteiger partial charge on any atom is 0.290 e. The molecule has 10 heteroatoms. The summed E-state index contributed by atoms with van der Waals surface area (Å²) >= 11 is 12.5. The molecule has 2 aromatic heterocycles. The highest BCUT2D eigenvalue weighted by molar-refractivity contribution is 9.24. The van der Waals surface area contributed by atoms with Gasteiger partial charge in [0.1, 0.15) is 0 Å². The molecule has 2 N–H and O–H groups in total. The van der Waals surface area contributed by atoms with Crippen molar-refractivity contribution in [3.63, 3.8) is 0 Å². The van der Waals surface area contributed by atoms with E-state index in [4.69, 9.17) is 14.6 Å². The van der Waals surface area contributed by atoms with Gasteiger partial charge in [-0.15, -0.1) is 0 Å². The minimum absolute atomic E-state index is 0. The van der Waals surface area contributed by atoms with E-state index in [9.17, 15) is 4.79 Å². The van der Waals surface area contributed by atoms with Gasteiger partial charge >= 0.3 is 0 Å². The van der Waals surface area contributed by atoms with Crippen molar-refractivity contribution in [1.29, 1.82) is 0 Å². The molecule has 0 aliphatic carbocycles. The first-order valence-corrected chi connectivity index (χ1v) is 9.41. The van der Waals surface area contributed by atoms with Gasteiger partial charge in [-0.1, -0.05) is 39.3 Å². The van der Waals surface area contributed by atoms with Gasteiger partial charge in [0, 0.05) is 33.5 Å². The Bertz CT molecular complexity index is 667. The van der Waals surface area contributed by atoms with Crippen LogP contribution >= 0.6 is 63.7 Å². The largest absolute Gasteiger partial charge is 0.503 e. The molecule has 0 atom stereocenters. The summed E-state index contributed by atoms with van der Waals surface area (Å²) in [4.78, 5) is 16.7. The number of alkyl halides is 2. The number of H-pyrrole nitrogens is 1. The SMILES string of the molecule is BrCBr.Brc1cnc2c(c1)OCO2.C.O=c1[nH]cc(Br)cc1O. The lowest BCUT2D eigenvalue weighted by Crippen LogP contribution is -2.02. The van der Waals surface area contributed by atoms with E-state index in [1.165, 1.54) is 12.3 Å². The number of aromatic amines is 1. The highest BCUT2D eigenvalue weighted by Crippen LogP contribution is 2.31. The van der Waals surface area contributed by atoms with Crippen molar-refractivity contribution >= 4 is 63.7 Å². The topological polar surface area (TPSA) is 84.4 Å². The lowest BCUT2D eigenvalue weighted by molar-refractivity contribution is 0.171. The van der Waals surface area contributed by atoms with Crippen LogP contribution in [0.15, 0.2) is 38.3 Å². The molecular formula is C13H14Br4N2O4. The number of halogens is 4. The quantitative estimate of drug-likeness (QED) is 0.438. The zero-order chi connectivity index (χ0) is 16.5. The number of nitrogens with zero attached hydrogens (tertiary/aromatic N) is 1. The minimum Gasteiger partial charge on any atom is -0.503 e. The number of pyridine rings is 2. The van der Waals surface area contributed by atoms with Crippen LogP contribution in [0.5, 0.6) is 17.4 Å². The Kier molecular flexibility index (Phi) is 11.6. The first-order chi connectivity index (χ1) is 10.5. The molecule has 2 aromatic rings. The molecule has 0 spiro atoms. The van der Waals surface area contributed by atoms with Gasteiger partial charge in [0.15, 0.2) is 11.5 Å². The predicted octanol–water partition coefficient (Wildman–Crippen LogP) is 4.79. The second-order valence-corrected chi connectivity index (χ2v) is 7.95. The van der Waals surface area contributed by atoms with Crippen molar-refractivity contribution in [3.05, 3.63) is 43.8 Å². The van der Waals surface area contributed by atoms with Crippen LogP contribution in [0, 0.1) is 0 Å². The van der Waals surface area contributed by atoms with Crippen molar-refractivity contribution in [2.24, 2.45) is 0 Å². The van der Waals surface area contributed by atoms with Crippen LogP contribution in [0.4, 0.5) is 0 Å². The molecule has 0 amide bonds. The standard InChI is InChI=1S/C6H4BrNO2.C5H4BrNO2.CH2Br2.CH4/c7-4-1-5-6(8-2-4)10-3-9-5;6-3-1-4(8)5(9)7-2-3;2-1-3;/h1-2H,3H2;1-2,8H,(H,7,9);1H2;1H4. The summed E-state index contributed by atoms with van der Waals surface area (Å²) in [5.74, 6) is 1.00. The summed E-state index contributed by atoms with van der Waals surface area (Å²) in [6, 6.07) is 3.16. The average Bonchev–Trinajstić information content (AvgIpc) is 2.92. The second kappa shape index (κ2) is 11.9. The van der Waals surface area contributed by atoms with Crippen LogP contribution in [0.25, 0.3) is 0 Å². The monoisotopic (exact) mass is 578 g/mol. The normalized spacial score (nSPS) is 10.4. The maximum atomic E-state index is 10.4. The summed E-state index contributed by atoms with van der Waals surface area (Å²) in [6.07, 6.45) is 3.13. The number of hydrogen-bond acceptors (Lipinski definition) is 5. The zero-order valence-corrected chi connectivity index (χ0v) is 17.2. The van der Waals surface area contributed by atoms with E-state index < -0.39 is 5.56 Å². The van der Waals surface area contributed by atoms with Gasteiger partial charge < -0.3 is 19.6 Å². The number of aromatic nitrogens is 2. The first kappa shape index (κ1) is 22.4. The lowest BCUT2D eigenvalue weighted by Gasteiger charge is -1.92. The summed E-state index contributed by atoms with van der Waals surface area (Å²) in [5.41, 5.74) is -0.474. The van der Waals surface area contributed by atoms with Crippen LogP contribution in [0.1, 0.15) is 7.43 Å². The minimum atomic E-state index is -0.474. The van der Waals surface area contributed by atoms with Crippen molar-refractivity contribution in [2.75, 3.05) is 11.0 Å². The molecule has 128 valence electrons. The third kappa shape index (κ3) is 8.18. The summed E-state index contributed by atoms with van der Waals surface area (Å²) < 4.78 is 12.5. The Morgan fingerprint density at radius 1 is 1.22 bits per heavy atom. The molecule has 0 aromatic carbocycles. The molecular weight excluding hydrogens is 568 g/mol. The lowest BCUT2D eigenvalue weighted by atomic mass is 10.4. The van der Waals surface area contributed by atoms with Crippen LogP contribution in [-0.2, 0) is 0 Å². The number of rotatable bonds is 0. The highest BCUT2D eigenvalue weighted by Gasteiger charge is 2.13. The van der Waals surface area contributed by atoms with Gasteiger partial charge in [0.2, 0.25) is 6.79 Å². The van der Waals surface area contributed by atoms with Crippen LogP contribution in [0.2, 0.25) is 0 Å². The Balaban J connectivity index is 0.000000350. The van der Waals surface area contributed by atoms with Gasteiger partial charge in [-0.05, 0) is 31.9 Å². The van der Waals surface area contributed by atoms with E-state index >= 15 is 0 Å². The molecule has 23 heavy (non-hydrogen) atoms. The molecule has 0 saturated carbocycles. The molecule has 1 aliphatic rings. The van der Waals surface area contributed by atoms with Gasteiger partial charge in [-0.3, -0.25) is 4.79 Å². The third-order valence-corrected chi connectivity index (χ3v) is 2.93. The second-order valence-electron chi connectivity index (χ2n) is 3.50. The molecule has 3 rings (SSSR count). The summed E-state index contributed by atoms with van der Waals surface area (Å²) in [7, 11) is 0. The number of hydrogen-bond donors (Lipinski definition) is 2. The fourth-order valence-electron chi connectivity index (χ4n) is 1.21. The maximum absolute atomic E-state index is 10.4. The van der Waals surface area contributed by atoms with E-state index in [0.29, 0.717) is 16.1 Å². The van der Waals surface area contributed by atoms with E-state index in [1.54, 1.807) is 6.20 Å². The van der Waals surface area contributed by atoms with Crippen molar-refractivity contribution in [2.45, 2.75) is 7.43 Å². The Morgan fingerprint density at radius 2 is 1.87 bits per heavy atom. The molecule has 0 fully saturated rings. The molecule has 0 unspecified atom stereocenters. The summed E-state index contributed by atoms with van der Waals surface area (Å²) in [6.45, 7) is 0.277. The van der Waals surface area contributed by atoms with Crippen molar-refractivity contribution in [3.8, 4) is 17.4 Å². The molecule has 3 heterocycles. The molecule has 0 radical (unpaired) electrons. The Hall–Kier alpha value is -0.580. The summed E-state index contributed by atoms with van der Waals surface area (Å²) in [5, 5.41) is 8.73. The smallest absolute Gasteiger partial charge is 0.290 e. The van der Waals surface area contributed by atoms with E-state index in [1.807, 2.05) is 6.07 Å².